The summed E-state index contributed by atoms with van der Waals surface area (Å²) in [6.45, 7) is 4.85. The molecule has 1 aliphatic rings. The maximum absolute atomic E-state index is 9.93. The van der Waals surface area contributed by atoms with Crippen LogP contribution in [0.25, 0.3) is 0 Å². The zero-order valence-corrected chi connectivity index (χ0v) is 11.9. The van der Waals surface area contributed by atoms with Crippen LogP contribution in [-0.4, -0.2) is 23.4 Å². The van der Waals surface area contributed by atoms with Gasteiger partial charge in [-0.1, -0.05) is 25.0 Å². The van der Waals surface area contributed by atoms with Crippen molar-refractivity contribution in [3.05, 3.63) is 29.8 Å². The van der Waals surface area contributed by atoms with Gasteiger partial charge >= 0.3 is 0 Å². The maximum atomic E-state index is 9.93. The summed E-state index contributed by atoms with van der Waals surface area (Å²) in [5.41, 5.74) is 1.20. The minimum atomic E-state index is -0.191. The number of ether oxygens (including phenoxy) is 1. The van der Waals surface area contributed by atoms with E-state index in [9.17, 15) is 5.11 Å². The molecule has 0 amide bonds. The van der Waals surface area contributed by atoms with Gasteiger partial charge in [0.25, 0.3) is 0 Å². The molecule has 1 fully saturated rings. The molecule has 0 radical (unpaired) electrons. The van der Waals surface area contributed by atoms with E-state index < -0.39 is 0 Å². The second-order valence-electron chi connectivity index (χ2n) is 5.65. The van der Waals surface area contributed by atoms with Crippen molar-refractivity contribution in [1.82, 2.24) is 5.32 Å². The molecule has 2 atom stereocenters. The van der Waals surface area contributed by atoms with E-state index in [0.717, 1.165) is 31.6 Å². The standard InChI is InChI=1S/C16H25NO2/c1-12(2)19-14-7-5-6-13(10-14)11-17-15-8-3-4-9-16(15)18/h5-7,10,12,15-18H,3-4,8-9,11H2,1-2H3. The quantitative estimate of drug-likeness (QED) is 0.858. The van der Waals surface area contributed by atoms with E-state index in [2.05, 4.69) is 17.4 Å². The largest absolute Gasteiger partial charge is 0.491 e. The summed E-state index contributed by atoms with van der Waals surface area (Å²) < 4.78 is 5.69. The summed E-state index contributed by atoms with van der Waals surface area (Å²) in [5, 5.41) is 13.4. The van der Waals surface area contributed by atoms with Crippen molar-refractivity contribution < 1.29 is 9.84 Å². The first-order valence-corrected chi connectivity index (χ1v) is 7.32. The summed E-state index contributed by atoms with van der Waals surface area (Å²) >= 11 is 0. The Bertz CT molecular complexity index is 392. The molecular formula is C16H25NO2. The van der Waals surface area contributed by atoms with Crippen LogP contribution in [-0.2, 0) is 6.54 Å². The van der Waals surface area contributed by atoms with Crippen LogP contribution in [0.2, 0.25) is 0 Å². The monoisotopic (exact) mass is 263 g/mol. The number of aliphatic hydroxyl groups excluding tert-OH is 1. The lowest BCUT2D eigenvalue weighted by Crippen LogP contribution is -2.41. The van der Waals surface area contributed by atoms with Crippen molar-refractivity contribution in [1.29, 1.82) is 0 Å². The van der Waals surface area contributed by atoms with Crippen LogP contribution >= 0.6 is 0 Å². The van der Waals surface area contributed by atoms with Crippen LogP contribution in [0, 0.1) is 0 Å². The van der Waals surface area contributed by atoms with Gasteiger partial charge in [-0.05, 0) is 44.4 Å². The highest BCUT2D eigenvalue weighted by molar-refractivity contribution is 5.28. The van der Waals surface area contributed by atoms with Gasteiger partial charge in [-0.2, -0.15) is 0 Å². The molecule has 2 unspecified atom stereocenters. The number of aliphatic hydroxyl groups is 1. The molecule has 0 saturated heterocycles. The third-order valence-corrected chi connectivity index (χ3v) is 3.57. The Kier molecular flexibility index (Phi) is 5.23. The normalized spacial score (nSPS) is 23.6. The van der Waals surface area contributed by atoms with Gasteiger partial charge in [0.15, 0.2) is 0 Å². The molecule has 106 valence electrons. The van der Waals surface area contributed by atoms with Crippen LogP contribution in [0.15, 0.2) is 24.3 Å². The average Bonchev–Trinajstić information content (AvgIpc) is 2.37. The van der Waals surface area contributed by atoms with Crippen molar-refractivity contribution in [2.75, 3.05) is 0 Å². The first-order valence-electron chi connectivity index (χ1n) is 7.32. The molecule has 0 aliphatic heterocycles. The Morgan fingerprint density at radius 3 is 2.84 bits per heavy atom. The minimum Gasteiger partial charge on any atom is -0.491 e. The van der Waals surface area contributed by atoms with Crippen LogP contribution in [0.5, 0.6) is 5.75 Å². The number of hydrogen-bond donors (Lipinski definition) is 2. The lowest BCUT2D eigenvalue weighted by Gasteiger charge is -2.28. The Hall–Kier alpha value is -1.06. The van der Waals surface area contributed by atoms with Crippen LogP contribution in [0.3, 0.4) is 0 Å². The van der Waals surface area contributed by atoms with E-state index in [0.29, 0.717) is 0 Å². The van der Waals surface area contributed by atoms with Crippen molar-refractivity contribution in [2.24, 2.45) is 0 Å². The molecule has 19 heavy (non-hydrogen) atoms. The summed E-state index contributed by atoms with van der Waals surface area (Å²) in [7, 11) is 0. The lowest BCUT2D eigenvalue weighted by atomic mass is 9.92. The lowest BCUT2D eigenvalue weighted by molar-refractivity contribution is 0.0902. The van der Waals surface area contributed by atoms with Crippen LogP contribution < -0.4 is 10.1 Å². The van der Waals surface area contributed by atoms with Gasteiger partial charge in [0.05, 0.1) is 12.2 Å². The molecule has 3 nitrogen and oxygen atoms in total. The summed E-state index contributed by atoms with van der Waals surface area (Å²) in [6.07, 6.45) is 4.37. The Labute approximate surface area is 116 Å². The van der Waals surface area contributed by atoms with Gasteiger partial charge < -0.3 is 15.2 Å². The molecule has 1 aliphatic carbocycles. The number of rotatable bonds is 5. The molecule has 0 aromatic heterocycles. The predicted octanol–water partition coefficient (Wildman–Crippen LogP) is 2.87. The third-order valence-electron chi connectivity index (χ3n) is 3.57. The first-order chi connectivity index (χ1) is 9.15. The highest BCUT2D eigenvalue weighted by atomic mass is 16.5. The predicted molar refractivity (Wildman–Crippen MR) is 77.3 cm³/mol. The van der Waals surface area contributed by atoms with Gasteiger partial charge in [-0.25, -0.2) is 0 Å². The topological polar surface area (TPSA) is 41.5 Å². The van der Waals surface area contributed by atoms with E-state index >= 15 is 0 Å². The fourth-order valence-corrected chi connectivity index (χ4v) is 2.60. The molecule has 0 spiro atoms. The zero-order valence-electron chi connectivity index (χ0n) is 11.9. The number of nitrogens with one attached hydrogen (secondary N) is 1. The highest BCUT2D eigenvalue weighted by Gasteiger charge is 2.22. The molecule has 0 bridgehead atoms. The molecule has 1 saturated carbocycles. The molecule has 3 heteroatoms. The zero-order chi connectivity index (χ0) is 13.7. The van der Waals surface area contributed by atoms with Gasteiger partial charge in [-0.3, -0.25) is 0 Å². The van der Waals surface area contributed by atoms with E-state index in [4.69, 9.17) is 4.74 Å². The molecule has 1 aromatic rings. The molecule has 2 N–H and O–H groups in total. The number of hydrogen-bond acceptors (Lipinski definition) is 3. The average molecular weight is 263 g/mol. The van der Waals surface area contributed by atoms with Gasteiger partial charge in [0.1, 0.15) is 5.75 Å². The highest BCUT2D eigenvalue weighted by Crippen LogP contribution is 2.19. The van der Waals surface area contributed by atoms with Gasteiger partial charge in [-0.15, -0.1) is 0 Å². The molecule has 0 heterocycles. The number of benzene rings is 1. The Balaban J connectivity index is 1.88. The van der Waals surface area contributed by atoms with Crippen molar-refractivity contribution in [3.63, 3.8) is 0 Å². The van der Waals surface area contributed by atoms with Crippen LogP contribution in [0.1, 0.15) is 45.1 Å². The van der Waals surface area contributed by atoms with E-state index in [-0.39, 0.29) is 18.2 Å². The molecular weight excluding hydrogens is 238 g/mol. The Morgan fingerprint density at radius 1 is 1.32 bits per heavy atom. The van der Waals surface area contributed by atoms with E-state index in [1.54, 1.807) is 0 Å². The third kappa shape index (κ3) is 4.51. The van der Waals surface area contributed by atoms with E-state index in [1.165, 1.54) is 12.0 Å². The van der Waals surface area contributed by atoms with Crippen LogP contribution in [0.4, 0.5) is 0 Å². The summed E-state index contributed by atoms with van der Waals surface area (Å²) in [5.74, 6) is 0.915. The van der Waals surface area contributed by atoms with Crippen molar-refractivity contribution >= 4 is 0 Å². The molecule has 1 aromatic carbocycles. The summed E-state index contributed by atoms with van der Waals surface area (Å²) in [6, 6.07) is 8.41. The fourth-order valence-electron chi connectivity index (χ4n) is 2.60. The second-order valence-corrected chi connectivity index (χ2v) is 5.65. The van der Waals surface area contributed by atoms with Gasteiger partial charge in [0.2, 0.25) is 0 Å². The Morgan fingerprint density at radius 2 is 2.11 bits per heavy atom. The maximum Gasteiger partial charge on any atom is 0.120 e. The SMILES string of the molecule is CC(C)Oc1cccc(CNC2CCCCC2O)c1. The van der Waals surface area contributed by atoms with Crippen molar-refractivity contribution in [2.45, 2.75) is 64.3 Å². The van der Waals surface area contributed by atoms with Gasteiger partial charge in [0, 0.05) is 12.6 Å². The first kappa shape index (κ1) is 14.4. The smallest absolute Gasteiger partial charge is 0.120 e. The summed E-state index contributed by atoms with van der Waals surface area (Å²) in [4.78, 5) is 0. The minimum absolute atomic E-state index is 0.191. The van der Waals surface area contributed by atoms with E-state index in [1.807, 2.05) is 26.0 Å². The molecule has 2 rings (SSSR count). The fraction of sp³-hybridized carbons (Fsp3) is 0.625. The second kappa shape index (κ2) is 6.92. The van der Waals surface area contributed by atoms with Crippen molar-refractivity contribution in [3.8, 4) is 5.75 Å².